The predicted octanol–water partition coefficient (Wildman–Crippen LogP) is 5.18. The average Bonchev–Trinajstić information content (AvgIpc) is 2.47. The Morgan fingerprint density at radius 3 is 2.00 bits per heavy atom. The molecule has 0 saturated heterocycles. The van der Waals surface area contributed by atoms with Gasteiger partial charge < -0.3 is 0 Å². The number of halogens is 4. The molecule has 0 aliphatic carbocycles. The van der Waals surface area contributed by atoms with Gasteiger partial charge in [-0.15, -0.1) is 0 Å². The van der Waals surface area contributed by atoms with Gasteiger partial charge in [0, 0.05) is 0 Å². The summed E-state index contributed by atoms with van der Waals surface area (Å²) in [6.07, 6.45) is -3.15. The van der Waals surface area contributed by atoms with E-state index in [1.165, 1.54) is 30.3 Å². The van der Waals surface area contributed by atoms with E-state index in [0.717, 1.165) is 17.7 Å². The van der Waals surface area contributed by atoms with Crippen LogP contribution in [0.15, 0.2) is 57.2 Å². The van der Waals surface area contributed by atoms with Gasteiger partial charge in [0.2, 0.25) is 9.84 Å². The highest BCUT2D eigenvalue weighted by Crippen LogP contribution is 2.30. The molecule has 0 heterocycles. The Kier molecular flexibility index (Phi) is 5.01. The maximum Gasteiger partial charge on any atom is 0.416 e. The van der Waals surface area contributed by atoms with Gasteiger partial charge in [0.05, 0.1) is 10.5 Å². The van der Waals surface area contributed by atoms with E-state index in [0.29, 0.717) is 5.56 Å². The van der Waals surface area contributed by atoms with Crippen molar-refractivity contribution in [2.24, 2.45) is 0 Å². The summed E-state index contributed by atoms with van der Waals surface area (Å²) in [4.78, 5) is 0.109. The van der Waals surface area contributed by atoms with Crippen LogP contribution in [-0.4, -0.2) is 8.42 Å². The second-order valence-electron chi connectivity index (χ2n) is 4.88. The first-order chi connectivity index (χ1) is 10.6. The van der Waals surface area contributed by atoms with Gasteiger partial charge in [0.25, 0.3) is 0 Å². The van der Waals surface area contributed by atoms with Crippen LogP contribution in [0.4, 0.5) is 13.2 Å². The van der Waals surface area contributed by atoms with Crippen molar-refractivity contribution in [1.29, 1.82) is 0 Å². The molecule has 0 saturated carbocycles. The fourth-order valence-corrected chi connectivity index (χ4v) is 3.64. The van der Waals surface area contributed by atoms with E-state index in [4.69, 9.17) is 0 Å². The van der Waals surface area contributed by atoms with Crippen LogP contribution in [0.5, 0.6) is 0 Å². The van der Waals surface area contributed by atoms with Crippen LogP contribution in [0, 0.1) is 6.92 Å². The highest BCUT2D eigenvalue weighted by atomic mass is 79.9. The molecule has 0 unspecified atom stereocenters. The van der Waals surface area contributed by atoms with Crippen LogP contribution < -0.4 is 0 Å². The van der Waals surface area contributed by atoms with Gasteiger partial charge in [0.1, 0.15) is 3.81 Å². The minimum Gasteiger partial charge on any atom is -0.218 e. The smallest absolute Gasteiger partial charge is 0.218 e. The molecule has 0 aromatic heterocycles. The molecule has 23 heavy (non-hydrogen) atoms. The summed E-state index contributed by atoms with van der Waals surface area (Å²) in [6.45, 7) is 1.84. The lowest BCUT2D eigenvalue weighted by Gasteiger charge is -2.07. The van der Waals surface area contributed by atoms with Gasteiger partial charge in [0.15, 0.2) is 0 Å². The Hall–Kier alpha value is -1.60. The molecular weight excluding hydrogens is 393 g/mol. The second-order valence-corrected chi connectivity index (χ2v) is 8.18. The van der Waals surface area contributed by atoms with Gasteiger partial charge in [-0.2, -0.15) is 13.2 Å². The molecule has 0 atom stereocenters. The minimum atomic E-state index is -4.42. The number of alkyl halides is 3. The summed E-state index contributed by atoms with van der Waals surface area (Å²) in [5.41, 5.74) is 0.486. The summed E-state index contributed by atoms with van der Waals surface area (Å²) in [5.74, 6) is 0. The summed E-state index contributed by atoms with van der Waals surface area (Å²) in [6, 6.07) is 10.5. The lowest BCUT2D eigenvalue weighted by molar-refractivity contribution is -0.137. The van der Waals surface area contributed by atoms with Gasteiger partial charge in [-0.05, 0) is 58.8 Å². The van der Waals surface area contributed by atoms with Gasteiger partial charge >= 0.3 is 6.18 Å². The molecule has 2 aromatic rings. The van der Waals surface area contributed by atoms with E-state index in [1.54, 1.807) is 12.1 Å². The molecule has 0 bridgehead atoms. The van der Waals surface area contributed by atoms with E-state index in [-0.39, 0.29) is 8.71 Å². The largest absolute Gasteiger partial charge is 0.416 e. The Balaban J connectivity index is 2.33. The van der Waals surface area contributed by atoms with Crippen LogP contribution in [-0.2, 0) is 16.0 Å². The summed E-state index contributed by atoms with van der Waals surface area (Å²) in [5, 5.41) is 0. The molecule has 0 radical (unpaired) electrons. The van der Waals surface area contributed by atoms with Crippen molar-refractivity contribution in [3.8, 4) is 0 Å². The van der Waals surface area contributed by atoms with E-state index < -0.39 is 21.6 Å². The second kappa shape index (κ2) is 6.49. The van der Waals surface area contributed by atoms with E-state index in [2.05, 4.69) is 15.9 Å². The topological polar surface area (TPSA) is 34.1 Å². The number of sulfone groups is 1. The van der Waals surface area contributed by atoms with E-state index in [9.17, 15) is 21.6 Å². The standard InChI is InChI=1S/C16H12BrF3O2S/c1-11-2-8-14(9-3-11)23(21,22)15(17)10-12-4-6-13(7-5-12)16(18,19)20/h2-10H,1H3/b15-10+. The molecule has 2 aromatic carbocycles. The molecule has 0 N–H and O–H groups in total. The third kappa shape index (κ3) is 4.23. The fraction of sp³-hybridized carbons (Fsp3) is 0.125. The number of aryl methyl sites for hydroxylation is 1. The summed E-state index contributed by atoms with van der Waals surface area (Å²) >= 11 is 3.00. The van der Waals surface area contributed by atoms with Crippen molar-refractivity contribution in [1.82, 2.24) is 0 Å². The van der Waals surface area contributed by atoms with Crippen molar-refractivity contribution >= 4 is 31.8 Å². The van der Waals surface area contributed by atoms with Crippen LogP contribution in [0.2, 0.25) is 0 Å². The predicted molar refractivity (Wildman–Crippen MR) is 86.7 cm³/mol. The SMILES string of the molecule is Cc1ccc(S(=O)(=O)/C(Br)=C/c2ccc(C(F)(F)F)cc2)cc1. The molecule has 0 fully saturated rings. The van der Waals surface area contributed by atoms with Crippen LogP contribution in [0.25, 0.3) is 6.08 Å². The Bertz CT molecular complexity index is 821. The highest BCUT2D eigenvalue weighted by Gasteiger charge is 2.29. The summed E-state index contributed by atoms with van der Waals surface area (Å²) < 4.78 is 62.2. The Labute approximate surface area is 140 Å². The zero-order valence-corrected chi connectivity index (χ0v) is 14.3. The Morgan fingerprint density at radius 2 is 1.52 bits per heavy atom. The number of rotatable bonds is 3. The van der Waals surface area contributed by atoms with Gasteiger partial charge in [-0.1, -0.05) is 29.8 Å². The number of benzene rings is 2. The highest BCUT2D eigenvalue weighted by molar-refractivity contribution is 9.13. The normalized spacial score (nSPS) is 13.2. The van der Waals surface area contributed by atoms with Gasteiger partial charge in [-0.3, -0.25) is 0 Å². The molecule has 7 heteroatoms. The molecular formula is C16H12BrF3O2S. The maximum atomic E-state index is 12.5. The fourth-order valence-electron chi connectivity index (χ4n) is 1.81. The zero-order valence-electron chi connectivity index (χ0n) is 11.9. The molecule has 2 nitrogen and oxygen atoms in total. The quantitative estimate of drug-likeness (QED) is 0.705. The number of hydrogen-bond donors (Lipinski definition) is 0. The van der Waals surface area contributed by atoms with Crippen LogP contribution in [0.1, 0.15) is 16.7 Å². The van der Waals surface area contributed by atoms with Crippen molar-refractivity contribution in [2.75, 3.05) is 0 Å². The third-order valence-corrected chi connectivity index (χ3v) is 6.14. The zero-order chi connectivity index (χ0) is 17.3. The molecule has 2 rings (SSSR count). The molecule has 122 valence electrons. The molecule has 0 aliphatic heterocycles. The van der Waals surface area contributed by atoms with Crippen molar-refractivity contribution in [3.63, 3.8) is 0 Å². The average molecular weight is 405 g/mol. The maximum absolute atomic E-state index is 12.5. The minimum absolute atomic E-state index is 0.109. The lowest BCUT2D eigenvalue weighted by Crippen LogP contribution is -2.04. The van der Waals surface area contributed by atoms with E-state index in [1.807, 2.05) is 6.92 Å². The molecule has 0 amide bonds. The van der Waals surface area contributed by atoms with Crippen molar-refractivity contribution in [3.05, 3.63) is 69.0 Å². The first-order valence-electron chi connectivity index (χ1n) is 6.47. The molecule has 0 spiro atoms. The van der Waals surface area contributed by atoms with Crippen molar-refractivity contribution in [2.45, 2.75) is 18.0 Å². The number of hydrogen-bond acceptors (Lipinski definition) is 2. The molecule has 0 aliphatic rings. The monoisotopic (exact) mass is 404 g/mol. The summed E-state index contributed by atoms with van der Waals surface area (Å²) in [7, 11) is -3.74. The van der Waals surface area contributed by atoms with Crippen LogP contribution in [0.3, 0.4) is 0 Å². The van der Waals surface area contributed by atoms with Crippen LogP contribution >= 0.6 is 15.9 Å². The van der Waals surface area contributed by atoms with E-state index >= 15 is 0 Å². The van der Waals surface area contributed by atoms with Gasteiger partial charge in [-0.25, -0.2) is 8.42 Å². The first-order valence-corrected chi connectivity index (χ1v) is 8.74. The third-order valence-electron chi connectivity index (χ3n) is 3.11. The van der Waals surface area contributed by atoms with Crippen molar-refractivity contribution < 1.29 is 21.6 Å². The first kappa shape index (κ1) is 17.7. The Morgan fingerprint density at radius 1 is 1.00 bits per heavy atom. The lowest BCUT2D eigenvalue weighted by atomic mass is 10.1.